The van der Waals surface area contributed by atoms with Crippen molar-refractivity contribution in [1.82, 2.24) is 18.7 Å². The molecule has 0 bridgehead atoms. The molecule has 0 aliphatic rings. The smallest absolute Gasteiger partial charge is 0.279 e. The van der Waals surface area contributed by atoms with E-state index < -0.39 is 17.2 Å². The molecule has 0 fully saturated rings. The van der Waals surface area contributed by atoms with Gasteiger partial charge in [0.1, 0.15) is 6.33 Å². The molecule has 0 aliphatic carbocycles. The van der Waals surface area contributed by atoms with Crippen LogP contribution in [0.1, 0.15) is 11.7 Å². The molecule has 0 aromatic carbocycles. The summed E-state index contributed by atoms with van der Waals surface area (Å²) >= 11 is 0. The van der Waals surface area contributed by atoms with Crippen LogP contribution >= 0.6 is 0 Å². The van der Waals surface area contributed by atoms with Gasteiger partial charge in [-0.3, -0.25) is 23.3 Å². The highest BCUT2D eigenvalue weighted by Gasteiger charge is 2.18. The topological polar surface area (TPSA) is 78.9 Å². The molecule has 0 saturated carbocycles. The van der Waals surface area contributed by atoms with Crippen molar-refractivity contribution in [2.75, 3.05) is 0 Å². The van der Waals surface area contributed by atoms with Crippen LogP contribution in [0.2, 0.25) is 0 Å². The van der Waals surface area contributed by atoms with E-state index in [1.54, 1.807) is 6.92 Å². The van der Waals surface area contributed by atoms with Gasteiger partial charge in [-0.2, -0.15) is 0 Å². The molecule has 0 spiro atoms. The number of nitrogens with zero attached hydrogens (tertiary/aromatic N) is 4. The van der Waals surface area contributed by atoms with Gasteiger partial charge in [0.25, 0.3) is 11.5 Å². The van der Waals surface area contributed by atoms with Gasteiger partial charge in [0.2, 0.25) is 0 Å². The lowest BCUT2D eigenvalue weighted by Gasteiger charge is -2.05. The molecule has 2 aromatic heterocycles. The minimum atomic E-state index is -0.555. The average molecular weight is 248 g/mol. The molecule has 2 rings (SSSR count). The second-order valence-corrected chi connectivity index (χ2v) is 4.08. The maximum absolute atomic E-state index is 12.0. The molecule has 0 amide bonds. The third kappa shape index (κ3) is 1.44. The van der Waals surface area contributed by atoms with Crippen molar-refractivity contribution in [2.24, 2.45) is 14.1 Å². The Morgan fingerprint density at radius 2 is 1.89 bits per heavy atom. The van der Waals surface area contributed by atoms with Crippen molar-refractivity contribution in [2.45, 2.75) is 6.92 Å². The van der Waals surface area contributed by atoms with Gasteiger partial charge in [0.15, 0.2) is 11.2 Å². The van der Waals surface area contributed by atoms with Gasteiger partial charge >= 0.3 is 5.69 Å². The summed E-state index contributed by atoms with van der Waals surface area (Å²) in [5.41, 5.74) is -0.503. The summed E-state index contributed by atoms with van der Waals surface area (Å²) in [5, 5.41) is 0. The van der Waals surface area contributed by atoms with E-state index in [-0.39, 0.29) is 16.7 Å². The lowest BCUT2D eigenvalue weighted by Crippen LogP contribution is -2.38. The zero-order valence-corrected chi connectivity index (χ0v) is 10.3. The number of hydrogen-bond donors (Lipinski definition) is 0. The van der Waals surface area contributed by atoms with E-state index in [0.717, 1.165) is 9.13 Å². The summed E-state index contributed by atoms with van der Waals surface area (Å²) in [6.45, 7) is 5.08. The highest BCUT2D eigenvalue weighted by molar-refractivity contribution is 5.99. The monoisotopic (exact) mass is 248 g/mol. The van der Waals surface area contributed by atoms with Crippen LogP contribution in [0.15, 0.2) is 28.1 Å². The van der Waals surface area contributed by atoms with Crippen LogP contribution in [0, 0.1) is 0 Å². The van der Waals surface area contributed by atoms with Crippen LogP contribution in [0.3, 0.4) is 0 Å². The Bertz CT molecular complexity index is 791. The fraction of sp³-hybridized carbons (Fsp3) is 0.273. The van der Waals surface area contributed by atoms with E-state index in [1.165, 1.54) is 25.0 Å². The Hall–Kier alpha value is -2.44. The number of rotatable bonds is 1. The van der Waals surface area contributed by atoms with Crippen molar-refractivity contribution in [1.29, 1.82) is 0 Å². The van der Waals surface area contributed by atoms with Crippen LogP contribution in [0.25, 0.3) is 11.2 Å². The number of carbonyl (C=O) groups excluding carboxylic acids is 1. The van der Waals surface area contributed by atoms with Crippen molar-refractivity contribution < 1.29 is 4.79 Å². The predicted molar refractivity (Wildman–Crippen MR) is 65.7 cm³/mol. The Labute approximate surface area is 102 Å². The van der Waals surface area contributed by atoms with E-state index in [0.29, 0.717) is 0 Å². The zero-order chi connectivity index (χ0) is 13.6. The molecule has 0 saturated heterocycles. The Kier molecular flexibility index (Phi) is 2.54. The number of aromatic nitrogens is 4. The van der Waals surface area contributed by atoms with Crippen molar-refractivity contribution in [3.05, 3.63) is 39.3 Å². The molecule has 0 atom stereocenters. The molecule has 0 unspecified atom stereocenters. The quantitative estimate of drug-likeness (QED) is 0.646. The lowest BCUT2D eigenvalue weighted by molar-refractivity contribution is 0.0960. The molecule has 7 heteroatoms. The van der Waals surface area contributed by atoms with Gasteiger partial charge in [0, 0.05) is 19.7 Å². The Morgan fingerprint density at radius 3 is 2.44 bits per heavy atom. The van der Waals surface area contributed by atoms with E-state index in [4.69, 9.17) is 0 Å². The number of fused-ring (bicyclic) bond motifs is 1. The first-order chi connectivity index (χ1) is 8.36. The number of allylic oxidation sites excluding steroid dienone is 1. The molecule has 2 aromatic rings. The number of aryl methyl sites for hydroxylation is 1. The standard InChI is InChI=1S/C11H12N4O3/c1-6(2)9(16)15-5-12-8-7(15)10(17)14(4)11(18)13(8)3/h5H,1H2,2-4H3. The molecular weight excluding hydrogens is 236 g/mol. The van der Waals surface area contributed by atoms with E-state index in [9.17, 15) is 14.4 Å². The van der Waals surface area contributed by atoms with Gasteiger partial charge in [-0.25, -0.2) is 9.78 Å². The van der Waals surface area contributed by atoms with Gasteiger partial charge in [-0.1, -0.05) is 6.58 Å². The third-order valence-corrected chi connectivity index (χ3v) is 2.73. The van der Waals surface area contributed by atoms with Gasteiger partial charge in [-0.15, -0.1) is 0 Å². The van der Waals surface area contributed by atoms with Gasteiger partial charge in [-0.05, 0) is 6.92 Å². The van der Waals surface area contributed by atoms with Gasteiger partial charge < -0.3 is 0 Å². The molecule has 0 aliphatic heterocycles. The van der Waals surface area contributed by atoms with Crippen molar-refractivity contribution in [3.63, 3.8) is 0 Å². The van der Waals surface area contributed by atoms with E-state index in [2.05, 4.69) is 11.6 Å². The van der Waals surface area contributed by atoms with E-state index >= 15 is 0 Å². The fourth-order valence-corrected chi connectivity index (χ4v) is 1.70. The maximum Gasteiger partial charge on any atom is 0.332 e. The summed E-state index contributed by atoms with van der Waals surface area (Å²) in [5.74, 6) is -0.423. The fourth-order valence-electron chi connectivity index (χ4n) is 1.70. The summed E-state index contributed by atoms with van der Waals surface area (Å²) < 4.78 is 3.27. The number of carbonyl (C=O) groups is 1. The first kappa shape index (κ1) is 12.0. The molecule has 94 valence electrons. The second-order valence-electron chi connectivity index (χ2n) is 4.08. The highest BCUT2D eigenvalue weighted by Crippen LogP contribution is 2.07. The molecule has 18 heavy (non-hydrogen) atoms. The maximum atomic E-state index is 12.0. The summed E-state index contributed by atoms with van der Waals surface area (Å²) in [7, 11) is 2.85. The van der Waals surface area contributed by atoms with Crippen molar-refractivity contribution >= 4 is 17.1 Å². The normalized spacial score (nSPS) is 10.8. The largest absolute Gasteiger partial charge is 0.332 e. The Morgan fingerprint density at radius 1 is 1.28 bits per heavy atom. The number of hydrogen-bond acceptors (Lipinski definition) is 4. The van der Waals surface area contributed by atoms with Crippen LogP contribution < -0.4 is 11.2 Å². The summed E-state index contributed by atoms with van der Waals surface area (Å²) in [6.07, 6.45) is 1.22. The SMILES string of the molecule is C=C(C)C(=O)n1cnc2c1c(=O)n(C)c(=O)n2C. The van der Waals surface area contributed by atoms with E-state index in [1.807, 2.05) is 0 Å². The summed E-state index contributed by atoms with van der Waals surface area (Å²) in [4.78, 5) is 39.5. The molecule has 0 radical (unpaired) electrons. The second kappa shape index (κ2) is 3.80. The molecule has 0 N–H and O–H groups in total. The summed E-state index contributed by atoms with van der Waals surface area (Å²) in [6, 6.07) is 0. The third-order valence-electron chi connectivity index (χ3n) is 2.73. The molecular formula is C11H12N4O3. The number of imidazole rings is 1. The van der Waals surface area contributed by atoms with Gasteiger partial charge in [0.05, 0.1) is 0 Å². The van der Waals surface area contributed by atoms with Crippen LogP contribution in [0.5, 0.6) is 0 Å². The van der Waals surface area contributed by atoms with Crippen LogP contribution in [0.4, 0.5) is 0 Å². The first-order valence-electron chi connectivity index (χ1n) is 5.19. The molecule has 7 nitrogen and oxygen atoms in total. The van der Waals surface area contributed by atoms with Crippen molar-refractivity contribution in [3.8, 4) is 0 Å². The van der Waals surface area contributed by atoms with Crippen LogP contribution in [-0.2, 0) is 14.1 Å². The van der Waals surface area contributed by atoms with Crippen LogP contribution in [-0.4, -0.2) is 24.6 Å². The average Bonchev–Trinajstić information content (AvgIpc) is 2.77. The zero-order valence-electron chi connectivity index (χ0n) is 10.3. The Balaban J connectivity index is 2.99. The minimum Gasteiger partial charge on any atom is -0.279 e. The first-order valence-corrected chi connectivity index (χ1v) is 5.19. The molecule has 2 heterocycles. The highest BCUT2D eigenvalue weighted by atomic mass is 16.2. The minimum absolute atomic E-state index is 0.0765. The predicted octanol–water partition coefficient (Wildman–Crippen LogP) is -0.350. The lowest BCUT2D eigenvalue weighted by atomic mass is 10.3.